The molecule has 0 radical (unpaired) electrons. The highest BCUT2D eigenvalue weighted by Crippen LogP contribution is 2.32. The Bertz CT molecular complexity index is 1370. The molecular weight excluding hydrogens is 468 g/mol. The highest BCUT2D eigenvalue weighted by Gasteiger charge is 2.48. The van der Waals surface area contributed by atoms with Crippen molar-refractivity contribution in [2.24, 2.45) is 0 Å². The number of nitrogens with one attached hydrogen (secondary N) is 1. The van der Waals surface area contributed by atoms with Gasteiger partial charge in [-0.1, -0.05) is 67.1 Å². The van der Waals surface area contributed by atoms with Gasteiger partial charge in [0.25, 0.3) is 5.91 Å². The van der Waals surface area contributed by atoms with Gasteiger partial charge >= 0.3 is 0 Å². The van der Waals surface area contributed by atoms with E-state index < -0.39 is 5.54 Å². The minimum Gasteiger partial charge on any atom is -0.350 e. The molecule has 4 aromatic rings. The Balaban J connectivity index is 1.47. The van der Waals surface area contributed by atoms with Crippen molar-refractivity contribution >= 4 is 23.2 Å². The fourth-order valence-corrected chi connectivity index (χ4v) is 5.26. The van der Waals surface area contributed by atoms with Crippen LogP contribution < -0.4 is 5.32 Å². The number of rotatable bonds is 7. The molecule has 0 fully saturated rings. The fraction of sp³-hybridized carbons (Fsp3) is 0.276. The summed E-state index contributed by atoms with van der Waals surface area (Å²) >= 11 is 1.58. The molecule has 0 saturated heterocycles. The van der Waals surface area contributed by atoms with E-state index in [1.807, 2.05) is 73.8 Å². The lowest BCUT2D eigenvalue weighted by molar-refractivity contribution is -0.133. The number of carbonyl (C=O) groups is 2. The minimum atomic E-state index is -1.10. The number of hydrogen-bond donors (Lipinski definition) is 1. The van der Waals surface area contributed by atoms with Crippen molar-refractivity contribution in [3.05, 3.63) is 100 Å². The van der Waals surface area contributed by atoms with Gasteiger partial charge in [-0.3, -0.25) is 14.3 Å². The van der Waals surface area contributed by atoms with Crippen LogP contribution in [0, 0.1) is 6.92 Å². The Morgan fingerprint density at radius 2 is 1.75 bits per heavy atom. The molecule has 1 N–H and O–H groups in total. The lowest BCUT2D eigenvalue weighted by Gasteiger charge is -2.43. The molecule has 0 spiro atoms. The molecule has 1 aliphatic heterocycles. The summed E-state index contributed by atoms with van der Waals surface area (Å²) in [4.78, 5) is 30.3. The molecule has 0 aliphatic carbocycles. The van der Waals surface area contributed by atoms with Crippen LogP contribution in [0.3, 0.4) is 0 Å². The zero-order chi connectivity index (χ0) is 25.3. The van der Waals surface area contributed by atoms with E-state index in [4.69, 9.17) is 5.10 Å². The first kappa shape index (κ1) is 24.0. The van der Waals surface area contributed by atoms with E-state index >= 15 is 0 Å². The van der Waals surface area contributed by atoms with Crippen molar-refractivity contribution in [1.29, 1.82) is 0 Å². The van der Waals surface area contributed by atoms with E-state index in [1.54, 1.807) is 20.9 Å². The predicted octanol–water partition coefficient (Wildman–Crippen LogP) is 5.21. The number of benzene rings is 2. The maximum Gasteiger partial charge on any atom is 0.273 e. The number of thiophene rings is 1. The molecule has 1 atom stereocenters. The highest BCUT2D eigenvalue weighted by atomic mass is 32.1. The van der Waals surface area contributed by atoms with Gasteiger partial charge in [-0.15, -0.1) is 11.3 Å². The van der Waals surface area contributed by atoms with Gasteiger partial charge in [0.15, 0.2) is 0 Å². The van der Waals surface area contributed by atoms with E-state index in [0.29, 0.717) is 18.8 Å². The summed E-state index contributed by atoms with van der Waals surface area (Å²) in [6, 6.07) is 22.1. The number of nitrogens with zero attached hydrogens (tertiary/aromatic N) is 3. The molecule has 1 aliphatic rings. The molecule has 2 amide bonds. The minimum absolute atomic E-state index is 0.191. The van der Waals surface area contributed by atoms with E-state index in [0.717, 1.165) is 28.1 Å². The van der Waals surface area contributed by atoms with Crippen molar-refractivity contribution in [2.75, 3.05) is 0 Å². The molecule has 2 aromatic carbocycles. The molecule has 6 nitrogen and oxygen atoms in total. The number of aryl methyl sites for hydroxylation is 2. The summed E-state index contributed by atoms with van der Waals surface area (Å²) in [6.07, 6.45) is 0.951. The molecular formula is C29H30N4O2S. The molecule has 3 heterocycles. The first-order chi connectivity index (χ1) is 17.4. The second-order valence-corrected chi connectivity index (χ2v) is 10.5. The Hall–Kier alpha value is -3.71. The van der Waals surface area contributed by atoms with Crippen LogP contribution in [0.2, 0.25) is 0 Å². The summed E-state index contributed by atoms with van der Waals surface area (Å²) in [6.45, 7) is 7.02. The van der Waals surface area contributed by atoms with Crippen molar-refractivity contribution in [1.82, 2.24) is 20.0 Å². The maximum atomic E-state index is 13.8. The van der Waals surface area contributed by atoms with Crippen LogP contribution in [0.5, 0.6) is 0 Å². The van der Waals surface area contributed by atoms with E-state index in [2.05, 4.69) is 24.4 Å². The monoisotopic (exact) mass is 498 g/mol. The highest BCUT2D eigenvalue weighted by molar-refractivity contribution is 7.13. The van der Waals surface area contributed by atoms with Gasteiger partial charge in [-0.2, -0.15) is 5.10 Å². The summed E-state index contributed by atoms with van der Waals surface area (Å²) < 4.78 is 1.69. The lowest BCUT2D eigenvalue weighted by atomic mass is 9.93. The molecule has 7 heteroatoms. The smallest absolute Gasteiger partial charge is 0.273 e. The van der Waals surface area contributed by atoms with E-state index in [9.17, 15) is 9.59 Å². The first-order valence-electron chi connectivity index (χ1n) is 12.2. The van der Waals surface area contributed by atoms with Crippen LogP contribution in [0.4, 0.5) is 0 Å². The molecule has 0 bridgehead atoms. The van der Waals surface area contributed by atoms with Gasteiger partial charge < -0.3 is 10.2 Å². The topological polar surface area (TPSA) is 67.2 Å². The van der Waals surface area contributed by atoms with Crippen LogP contribution in [0.15, 0.2) is 72.1 Å². The summed E-state index contributed by atoms with van der Waals surface area (Å²) in [5.74, 6) is -0.385. The van der Waals surface area contributed by atoms with Gasteiger partial charge in [-0.05, 0) is 54.5 Å². The maximum absolute atomic E-state index is 13.8. The summed E-state index contributed by atoms with van der Waals surface area (Å²) in [7, 11) is 0. The second kappa shape index (κ2) is 9.74. The Morgan fingerprint density at radius 1 is 1.06 bits per heavy atom. The Labute approximate surface area is 215 Å². The summed E-state index contributed by atoms with van der Waals surface area (Å²) in [5.41, 5.74) is 4.57. The van der Waals surface area contributed by atoms with Crippen molar-refractivity contribution < 1.29 is 9.59 Å². The van der Waals surface area contributed by atoms with Gasteiger partial charge in [0.05, 0.1) is 11.4 Å². The van der Waals surface area contributed by atoms with Crippen molar-refractivity contribution in [2.45, 2.75) is 52.4 Å². The molecule has 184 valence electrons. The average molecular weight is 499 g/mol. The molecule has 0 unspecified atom stereocenters. The van der Waals surface area contributed by atoms with Gasteiger partial charge in [0.2, 0.25) is 5.91 Å². The van der Waals surface area contributed by atoms with Crippen LogP contribution >= 0.6 is 11.3 Å². The number of fused-ring (bicyclic) bond motifs is 1. The van der Waals surface area contributed by atoms with Crippen molar-refractivity contribution in [3.8, 4) is 10.6 Å². The predicted molar refractivity (Wildman–Crippen MR) is 143 cm³/mol. The normalized spacial score (nSPS) is 17.2. The van der Waals surface area contributed by atoms with Crippen LogP contribution in [-0.4, -0.2) is 32.0 Å². The van der Waals surface area contributed by atoms with E-state index in [-0.39, 0.29) is 18.4 Å². The third kappa shape index (κ3) is 4.58. The first-order valence-corrected chi connectivity index (χ1v) is 13.1. The molecule has 2 aromatic heterocycles. The van der Waals surface area contributed by atoms with Gasteiger partial charge in [0, 0.05) is 13.1 Å². The second-order valence-electron chi connectivity index (χ2n) is 9.55. The van der Waals surface area contributed by atoms with Crippen LogP contribution in [0.25, 0.3) is 10.6 Å². The average Bonchev–Trinajstić information content (AvgIpc) is 3.57. The molecule has 0 saturated carbocycles. The number of aromatic nitrogens is 2. The SMILES string of the molecule is CCc1ccc(CN2C(=O)c3cc(-c4cccs4)nn3C[C@]2(C)C(=O)NCc2ccc(C)cc2)cc1. The Morgan fingerprint density at radius 3 is 2.42 bits per heavy atom. The molecule has 36 heavy (non-hydrogen) atoms. The zero-order valence-electron chi connectivity index (χ0n) is 20.8. The summed E-state index contributed by atoms with van der Waals surface area (Å²) in [5, 5.41) is 9.78. The quantitative estimate of drug-likeness (QED) is 0.380. The molecule has 5 rings (SSSR count). The van der Waals surface area contributed by atoms with Crippen molar-refractivity contribution in [3.63, 3.8) is 0 Å². The zero-order valence-corrected chi connectivity index (χ0v) is 21.6. The number of amides is 2. The lowest BCUT2D eigenvalue weighted by Crippen LogP contribution is -2.63. The standard InChI is InChI=1S/C29H30N4O2S/c1-4-21-11-13-23(14-12-21)18-32-27(34)25-16-24(26-6-5-15-36-26)31-33(25)19-29(32,3)28(35)30-17-22-9-7-20(2)8-10-22/h5-16H,4,17-19H2,1-3H3,(H,30,35)/t29-/m1/s1. The third-order valence-corrected chi connectivity index (χ3v) is 7.80. The van der Waals surface area contributed by atoms with Gasteiger partial charge in [0.1, 0.15) is 16.9 Å². The van der Waals surface area contributed by atoms with Crippen LogP contribution in [-0.2, 0) is 30.8 Å². The van der Waals surface area contributed by atoms with Crippen LogP contribution in [0.1, 0.15) is 46.6 Å². The number of carbonyl (C=O) groups excluding carboxylic acids is 2. The van der Waals surface area contributed by atoms with E-state index in [1.165, 1.54) is 11.1 Å². The fourth-order valence-electron chi connectivity index (χ4n) is 4.58. The van der Waals surface area contributed by atoms with Gasteiger partial charge in [-0.25, -0.2) is 0 Å². The Kier molecular flexibility index (Phi) is 6.49. The largest absolute Gasteiger partial charge is 0.350 e. The number of hydrogen-bond acceptors (Lipinski definition) is 4. The third-order valence-electron chi connectivity index (χ3n) is 6.91.